The molecule has 0 unspecified atom stereocenters. The van der Waals surface area contributed by atoms with Gasteiger partial charge in [0.05, 0.1) is 5.69 Å². The molecule has 0 saturated heterocycles. The van der Waals surface area contributed by atoms with Gasteiger partial charge in [-0.2, -0.15) is 0 Å². The average molecular weight is 108 g/mol. The van der Waals surface area contributed by atoms with Gasteiger partial charge in [0.1, 0.15) is 0 Å². The van der Waals surface area contributed by atoms with E-state index in [1.54, 1.807) is 12.3 Å². The zero-order chi connectivity index (χ0) is 5.98. The van der Waals surface area contributed by atoms with Crippen molar-refractivity contribution in [2.75, 3.05) is 0 Å². The van der Waals surface area contributed by atoms with Gasteiger partial charge in [0, 0.05) is 19.2 Å². The number of hydrogen-bond donors (Lipinski definition) is 1. The lowest BCUT2D eigenvalue weighted by atomic mass is 10.3. The molecule has 1 aromatic rings. The lowest BCUT2D eigenvalue weighted by molar-refractivity contribution is 0.101. The van der Waals surface area contributed by atoms with Crippen molar-refractivity contribution in [1.29, 1.82) is 0 Å². The number of H-pyrrole nitrogens is 1. The molecule has 41 valence electrons. The maximum Gasteiger partial charge on any atom is 0.176 e. The summed E-state index contributed by atoms with van der Waals surface area (Å²) in [6.07, 6.45) is 1.68. The molecule has 0 saturated carbocycles. The van der Waals surface area contributed by atoms with Crippen LogP contribution in [0.25, 0.3) is 0 Å². The summed E-state index contributed by atoms with van der Waals surface area (Å²) in [6.45, 7) is 1.50. The lowest BCUT2D eigenvalue weighted by Gasteiger charge is -1.81. The van der Waals surface area contributed by atoms with E-state index in [2.05, 4.69) is 11.1 Å². The van der Waals surface area contributed by atoms with Gasteiger partial charge in [0.25, 0.3) is 0 Å². The van der Waals surface area contributed by atoms with E-state index >= 15 is 0 Å². The quantitative estimate of drug-likeness (QED) is 0.535. The molecule has 0 bridgehead atoms. The van der Waals surface area contributed by atoms with Gasteiger partial charge in [0.15, 0.2) is 5.78 Å². The Morgan fingerprint density at radius 1 is 1.88 bits per heavy atom. The van der Waals surface area contributed by atoms with Gasteiger partial charge < -0.3 is 4.98 Å². The first-order valence-electron chi connectivity index (χ1n) is 2.36. The average Bonchev–Trinajstić information content (AvgIpc) is 2.12. The van der Waals surface area contributed by atoms with Crippen LogP contribution in [0.5, 0.6) is 0 Å². The highest BCUT2D eigenvalue weighted by Gasteiger charge is 1.95. The first-order valence-corrected chi connectivity index (χ1v) is 2.36. The van der Waals surface area contributed by atoms with Crippen LogP contribution in [0, 0.1) is 6.07 Å². The molecule has 0 fully saturated rings. The summed E-state index contributed by atoms with van der Waals surface area (Å²) in [5.74, 6) is 0.0231. The number of carbonyl (C=O) groups is 1. The standard InChI is InChI=1S/C6H6NO/c1-5(8)6-3-2-4-7-6/h2,4,7H,1H3. The molecule has 1 aromatic heterocycles. The minimum absolute atomic E-state index is 0.0231. The van der Waals surface area contributed by atoms with Crippen molar-refractivity contribution >= 4 is 5.78 Å². The van der Waals surface area contributed by atoms with Crippen LogP contribution < -0.4 is 0 Å². The minimum Gasteiger partial charge on any atom is -0.358 e. The van der Waals surface area contributed by atoms with E-state index in [0.29, 0.717) is 5.69 Å². The monoisotopic (exact) mass is 108 g/mol. The smallest absolute Gasteiger partial charge is 0.176 e. The molecule has 0 atom stereocenters. The maximum atomic E-state index is 10.4. The third-order valence-corrected chi connectivity index (χ3v) is 0.891. The van der Waals surface area contributed by atoms with Crippen molar-refractivity contribution < 1.29 is 4.79 Å². The molecule has 1 N–H and O–H groups in total. The van der Waals surface area contributed by atoms with Crippen LogP contribution in [0.15, 0.2) is 12.3 Å². The molecular weight excluding hydrogens is 102 g/mol. The molecule has 0 amide bonds. The van der Waals surface area contributed by atoms with E-state index in [9.17, 15) is 4.79 Å². The Kier molecular flexibility index (Phi) is 1.16. The lowest BCUT2D eigenvalue weighted by Crippen LogP contribution is -1.89. The van der Waals surface area contributed by atoms with Crippen LogP contribution >= 0.6 is 0 Å². The van der Waals surface area contributed by atoms with Gasteiger partial charge in [-0.3, -0.25) is 4.79 Å². The molecule has 0 aliphatic rings. The Morgan fingerprint density at radius 2 is 2.62 bits per heavy atom. The Bertz CT molecular complexity index is 176. The Labute approximate surface area is 47.5 Å². The van der Waals surface area contributed by atoms with Crippen LogP contribution in [0.1, 0.15) is 17.4 Å². The summed E-state index contributed by atoms with van der Waals surface area (Å²) in [5, 5.41) is 0. The van der Waals surface area contributed by atoms with Crippen molar-refractivity contribution in [1.82, 2.24) is 4.98 Å². The molecule has 2 nitrogen and oxygen atoms in total. The third-order valence-electron chi connectivity index (χ3n) is 0.891. The van der Waals surface area contributed by atoms with Crippen LogP contribution in [-0.4, -0.2) is 10.8 Å². The zero-order valence-corrected chi connectivity index (χ0v) is 4.56. The number of carbonyl (C=O) groups excluding carboxylic acids is 1. The second-order valence-corrected chi connectivity index (χ2v) is 1.55. The molecule has 0 aromatic carbocycles. The van der Waals surface area contributed by atoms with Gasteiger partial charge >= 0.3 is 0 Å². The van der Waals surface area contributed by atoms with E-state index in [0.717, 1.165) is 0 Å². The van der Waals surface area contributed by atoms with E-state index in [1.165, 1.54) is 6.92 Å². The first kappa shape index (κ1) is 5.09. The summed E-state index contributed by atoms with van der Waals surface area (Å²) in [5.41, 5.74) is 0.546. The minimum atomic E-state index is 0.0231. The Balaban J connectivity index is 2.93. The SMILES string of the molecule is CC(=O)c1[c]cc[nH]1. The van der Waals surface area contributed by atoms with Crippen molar-refractivity contribution in [3.05, 3.63) is 24.0 Å². The number of aromatic amines is 1. The van der Waals surface area contributed by atoms with Gasteiger partial charge in [-0.05, 0) is 6.07 Å². The fourth-order valence-electron chi connectivity index (χ4n) is 0.495. The van der Waals surface area contributed by atoms with Crippen molar-refractivity contribution in [3.8, 4) is 0 Å². The number of rotatable bonds is 1. The fourth-order valence-corrected chi connectivity index (χ4v) is 0.495. The van der Waals surface area contributed by atoms with Gasteiger partial charge in [-0.15, -0.1) is 0 Å². The topological polar surface area (TPSA) is 32.9 Å². The molecule has 0 aliphatic carbocycles. The second-order valence-electron chi connectivity index (χ2n) is 1.55. The molecular formula is C6H6NO. The first-order chi connectivity index (χ1) is 3.80. The molecule has 2 heteroatoms. The number of nitrogens with one attached hydrogen (secondary N) is 1. The molecule has 1 radical (unpaired) electrons. The highest BCUT2D eigenvalue weighted by Crippen LogP contribution is 1.91. The van der Waals surface area contributed by atoms with E-state index in [1.807, 2.05) is 0 Å². The zero-order valence-electron chi connectivity index (χ0n) is 4.56. The van der Waals surface area contributed by atoms with E-state index in [4.69, 9.17) is 0 Å². The van der Waals surface area contributed by atoms with Gasteiger partial charge in [-0.25, -0.2) is 0 Å². The fraction of sp³-hybridized carbons (Fsp3) is 0.167. The van der Waals surface area contributed by atoms with E-state index in [-0.39, 0.29) is 5.78 Å². The Morgan fingerprint density at radius 3 is 2.88 bits per heavy atom. The highest BCUT2D eigenvalue weighted by atomic mass is 16.1. The number of hydrogen-bond acceptors (Lipinski definition) is 1. The van der Waals surface area contributed by atoms with Crippen molar-refractivity contribution in [2.45, 2.75) is 6.92 Å². The number of ketones is 1. The maximum absolute atomic E-state index is 10.4. The molecule has 0 spiro atoms. The predicted molar refractivity (Wildman–Crippen MR) is 29.6 cm³/mol. The van der Waals surface area contributed by atoms with Gasteiger partial charge in [-0.1, -0.05) is 0 Å². The van der Waals surface area contributed by atoms with Crippen molar-refractivity contribution in [3.63, 3.8) is 0 Å². The van der Waals surface area contributed by atoms with E-state index < -0.39 is 0 Å². The van der Waals surface area contributed by atoms with Crippen molar-refractivity contribution in [2.24, 2.45) is 0 Å². The predicted octanol–water partition coefficient (Wildman–Crippen LogP) is 1.02. The largest absolute Gasteiger partial charge is 0.358 e. The van der Waals surface area contributed by atoms with Crippen LogP contribution in [0.3, 0.4) is 0 Å². The summed E-state index contributed by atoms with van der Waals surface area (Å²) in [4.78, 5) is 13.2. The summed E-state index contributed by atoms with van der Waals surface area (Å²) < 4.78 is 0. The summed E-state index contributed by atoms with van der Waals surface area (Å²) in [7, 11) is 0. The highest BCUT2D eigenvalue weighted by molar-refractivity contribution is 5.91. The summed E-state index contributed by atoms with van der Waals surface area (Å²) in [6, 6.07) is 4.41. The molecule has 1 rings (SSSR count). The van der Waals surface area contributed by atoms with Gasteiger partial charge in [0.2, 0.25) is 0 Å². The molecule has 8 heavy (non-hydrogen) atoms. The number of aromatic nitrogens is 1. The molecule has 1 heterocycles. The second kappa shape index (κ2) is 1.82. The van der Waals surface area contributed by atoms with Crippen LogP contribution in [0.4, 0.5) is 0 Å². The normalized spacial score (nSPS) is 9.12. The van der Waals surface area contributed by atoms with Crippen LogP contribution in [-0.2, 0) is 0 Å². The third kappa shape index (κ3) is 0.780. The number of Topliss-reactive ketones (excluding diaryl/α,β-unsaturated/α-hetero) is 1. The summed E-state index contributed by atoms with van der Waals surface area (Å²) >= 11 is 0. The van der Waals surface area contributed by atoms with Crippen LogP contribution in [0.2, 0.25) is 0 Å². The molecule has 0 aliphatic heterocycles. The Hall–Kier alpha value is -1.05.